The first-order valence-electron chi connectivity index (χ1n) is 10.7. The molecule has 0 spiro atoms. The molecular weight excluding hydrogens is 364 g/mol. The Morgan fingerprint density at radius 1 is 0.724 bits per heavy atom. The van der Waals surface area contributed by atoms with Crippen LogP contribution in [0.15, 0.2) is 60.7 Å². The van der Waals surface area contributed by atoms with Crippen LogP contribution >= 0.6 is 0 Å². The van der Waals surface area contributed by atoms with Crippen molar-refractivity contribution in [3.63, 3.8) is 0 Å². The van der Waals surface area contributed by atoms with E-state index in [1.165, 1.54) is 19.3 Å². The van der Waals surface area contributed by atoms with Crippen LogP contribution in [0.4, 0.5) is 0 Å². The van der Waals surface area contributed by atoms with E-state index in [0.29, 0.717) is 23.5 Å². The van der Waals surface area contributed by atoms with Crippen molar-refractivity contribution in [2.75, 3.05) is 0 Å². The highest BCUT2D eigenvalue weighted by Crippen LogP contribution is 2.21. The zero-order chi connectivity index (χ0) is 20.9. The third-order valence-electron chi connectivity index (χ3n) is 5.09. The number of hydrogen-bond acceptors (Lipinski definition) is 4. The highest BCUT2D eigenvalue weighted by Gasteiger charge is 2.21. The number of carbonyl (C=O) groups excluding carboxylic acids is 2. The summed E-state index contributed by atoms with van der Waals surface area (Å²) in [5.74, 6) is -0.297. The summed E-state index contributed by atoms with van der Waals surface area (Å²) in [6.45, 7) is 4.41. The summed E-state index contributed by atoms with van der Waals surface area (Å²) in [5, 5.41) is 0. The Morgan fingerprint density at radius 2 is 1.21 bits per heavy atom. The third-order valence-corrected chi connectivity index (χ3v) is 5.09. The maximum atomic E-state index is 12.5. The molecule has 0 aliphatic carbocycles. The molecule has 0 heterocycles. The molecule has 0 amide bonds. The SMILES string of the molecule is CCCCC(CC)CCCC(OC(=O)c1ccccc1)OC(=O)c1ccccc1. The standard InChI is InChI=1S/C25H32O4/c1-3-5-13-20(4-2)14-12-19-23(28-24(26)21-15-8-6-9-16-21)29-25(27)22-17-10-7-11-18-22/h6-11,15-18,20,23H,3-5,12-14,19H2,1-2H3. The lowest BCUT2D eigenvalue weighted by atomic mass is 9.93. The lowest BCUT2D eigenvalue weighted by Crippen LogP contribution is -2.25. The van der Waals surface area contributed by atoms with Crippen molar-refractivity contribution in [2.45, 2.75) is 65.1 Å². The van der Waals surface area contributed by atoms with Gasteiger partial charge in [0.2, 0.25) is 6.29 Å². The Labute approximate surface area is 174 Å². The van der Waals surface area contributed by atoms with Crippen molar-refractivity contribution in [3.05, 3.63) is 71.8 Å². The van der Waals surface area contributed by atoms with Gasteiger partial charge in [-0.15, -0.1) is 0 Å². The molecule has 0 aliphatic rings. The number of esters is 2. The van der Waals surface area contributed by atoms with Gasteiger partial charge in [-0.1, -0.05) is 82.3 Å². The minimum absolute atomic E-state index is 0.447. The van der Waals surface area contributed by atoms with E-state index in [4.69, 9.17) is 9.47 Å². The van der Waals surface area contributed by atoms with Crippen molar-refractivity contribution >= 4 is 11.9 Å². The van der Waals surface area contributed by atoms with E-state index >= 15 is 0 Å². The quantitative estimate of drug-likeness (QED) is 0.307. The van der Waals surface area contributed by atoms with Crippen LogP contribution in [0.2, 0.25) is 0 Å². The first-order valence-corrected chi connectivity index (χ1v) is 10.7. The fraction of sp³-hybridized carbons (Fsp3) is 0.440. The molecule has 2 aromatic carbocycles. The Morgan fingerprint density at radius 3 is 1.66 bits per heavy atom. The first kappa shape index (κ1) is 22.7. The number of carbonyl (C=O) groups is 2. The van der Waals surface area contributed by atoms with E-state index in [1.807, 2.05) is 12.1 Å². The number of rotatable bonds is 12. The predicted molar refractivity (Wildman–Crippen MR) is 115 cm³/mol. The van der Waals surface area contributed by atoms with E-state index in [1.54, 1.807) is 48.5 Å². The van der Waals surface area contributed by atoms with Gasteiger partial charge < -0.3 is 9.47 Å². The van der Waals surface area contributed by atoms with Crippen LogP contribution in [0, 0.1) is 5.92 Å². The molecule has 0 radical (unpaired) electrons. The van der Waals surface area contributed by atoms with E-state index < -0.39 is 18.2 Å². The van der Waals surface area contributed by atoms with Crippen LogP contribution in [0.1, 0.15) is 79.5 Å². The van der Waals surface area contributed by atoms with Crippen molar-refractivity contribution in [3.8, 4) is 0 Å². The van der Waals surface area contributed by atoms with Crippen LogP contribution in [-0.2, 0) is 9.47 Å². The molecular formula is C25H32O4. The third kappa shape index (κ3) is 8.10. The van der Waals surface area contributed by atoms with E-state index in [-0.39, 0.29) is 0 Å². The fourth-order valence-electron chi connectivity index (χ4n) is 3.28. The van der Waals surface area contributed by atoms with Crippen LogP contribution in [0.5, 0.6) is 0 Å². The molecule has 29 heavy (non-hydrogen) atoms. The molecule has 0 bridgehead atoms. The lowest BCUT2D eigenvalue weighted by Gasteiger charge is -2.20. The number of hydrogen-bond donors (Lipinski definition) is 0. The summed E-state index contributed by atoms with van der Waals surface area (Å²) in [6, 6.07) is 17.6. The topological polar surface area (TPSA) is 52.6 Å². The van der Waals surface area contributed by atoms with Gasteiger partial charge >= 0.3 is 11.9 Å². The van der Waals surface area contributed by atoms with Gasteiger partial charge in [-0.3, -0.25) is 0 Å². The highest BCUT2D eigenvalue weighted by molar-refractivity contribution is 5.90. The normalized spacial score (nSPS) is 11.8. The van der Waals surface area contributed by atoms with Gasteiger partial charge in [-0.05, 0) is 36.6 Å². The van der Waals surface area contributed by atoms with Crippen molar-refractivity contribution < 1.29 is 19.1 Å². The monoisotopic (exact) mass is 396 g/mol. The molecule has 4 nitrogen and oxygen atoms in total. The second kappa shape index (κ2) is 12.8. The van der Waals surface area contributed by atoms with Gasteiger partial charge in [0.25, 0.3) is 0 Å². The smallest absolute Gasteiger partial charge is 0.341 e. The van der Waals surface area contributed by atoms with Gasteiger partial charge in [-0.25, -0.2) is 9.59 Å². The molecule has 0 saturated carbocycles. The molecule has 0 aliphatic heterocycles. The molecule has 0 saturated heterocycles. The molecule has 1 unspecified atom stereocenters. The van der Waals surface area contributed by atoms with Gasteiger partial charge in [0.1, 0.15) is 0 Å². The van der Waals surface area contributed by atoms with E-state index in [2.05, 4.69) is 13.8 Å². The molecule has 4 heteroatoms. The highest BCUT2D eigenvalue weighted by atomic mass is 16.7. The second-order valence-corrected chi connectivity index (χ2v) is 7.32. The summed E-state index contributed by atoms with van der Waals surface area (Å²) < 4.78 is 11.1. The minimum Gasteiger partial charge on any atom is -0.422 e. The lowest BCUT2D eigenvalue weighted by molar-refractivity contribution is -0.0841. The van der Waals surface area contributed by atoms with Crippen molar-refractivity contribution in [1.82, 2.24) is 0 Å². The summed E-state index contributed by atoms with van der Waals surface area (Å²) in [6.07, 6.45) is 6.27. The second-order valence-electron chi connectivity index (χ2n) is 7.32. The Balaban J connectivity index is 1.98. The number of unbranched alkanes of at least 4 members (excludes halogenated alkanes) is 1. The van der Waals surface area contributed by atoms with Gasteiger partial charge in [-0.2, -0.15) is 0 Å². The molecule has 0 fully saturated rings. The summed E-state index contributed by atoms with van der Waals surface area (Å²) in [4.78, 5) is 24.9. The fourth-order valence-corrected chi connectivity index (χ4v) is 3.28. The zero-order valence-electron chi connectivity index (χ0n) is 17.5. The predicted octanol–water partition coefficient (Wildman–Crippen LogP) is 6.41. The van der Waals surface area contributed by atoms with Crippen molar-refractivity contribution in [2.24, 2.45) is 5.92 Å². The molecule has 0 N–H and O–H groups in total. The largest absolute Gasteiger partial charge is 0.422 e. The number of ether oxygens (including phenoxy) is 2. The van der Waals surface area contributed by atoms with Crippen LogP contribution in [0.3, 0.4) is 0 Å². The molecule has 0 aromatic heterocycles. The van der Waals surface area contributed by atoms with Crippen LogP contribution in [-0.4, -0.2) is 18.2 Å². The zero-order valence-corrected chi connectivity index (χ0v) is 17.5. The van der Waals surface area contributed by atoms with Crippen molar-refractivity contribution in [1.29, 1.82) is 0 Å². The average Bonchev–Trinajstić information content (AvgIpc) is 2.77. The van der Waals surface area contributed by atoms with E-state index in [9.17, 15) is 9.59 Å². The summed E-state index contributed by atoms with van der Waals surface area (Å²) >= 11 is 0. The molecule has 156 valence electrons. The van der Waals surface area contributed by atoms with Crippen LogP contribution in [0.25, 0.3) is 0 Å². The minimum atomic E-state index is -0.890. The Hall–Kier alpha value is -2.62. The Kier molecular flexibility index (Phi) is 9.98. The van der Waals surface area contributed by atoms with Crippen LogP contribution < -0.4 is 0 Å². The maximum absolute atomic E-state index is 12.5. The first-order chi connectivity index (χ1) is 14.1. The van der Waals surface area contributed by atoms with E-state index in [0.717, 1.165) is 19.3 Å². The maximum Gasteiger partial charge on any atom is 0.341 e. The Bertz CT molecular complexity index is 674. The summed E-state index contributed by atoms with van der Waals surface area (Å²) in [5.41, 5.74) is 0.894. The summed E-state index contributed by atoms with van der Waals surface area (Å²) in [7, 11) is 0. The molecule has 2 aromatic rings. The van der Waals surface area contributed by atoms with Gasteiger partial charge in [0.05, 0.1) is 11.1 Å². The van der Waals surface area contributed by atoms with Gasteiger partial charge in [0, 0.05) is 6.42 Å². The van der Waals surface area contributed by atoms with Gasteiger partial charge in [0.15, 0.2) is 0 Å². The number of benzene rings is 2. The molecule has 1 atom stereocenters. The average molecular weight is 397 g/mol. The molecule has 2 rings (SSSR count).